The Balaban J connectivity index is 2.09. The third kappa shape index (κ3) is 3.20. The van der Waals surface area contributed by atoms with E-state index in [2.05, 4.69) is 4.98 Å². The van der Waals surface area contributed by atoms with Crippen LogP contribution in [-0.2, 0) is 0 Å². The van der Waals surface area contributed by atoms with Crippen LogP contribution < -0.4 is 11.4 Å². The molecule has 0 fully saturated rings. The number of benzene rings is 3. The Hall–Kier alpha value is -3.44. The van der Waals surface area contributed by atoms with E-state index < -0.39 is 11.4 Å². The molecule has 0 saturated heterocycles. The van der Waals surface area contributed by atoms with Crippen molar-refractivity contribution in [2.24, 2.45) is 0 Å². The fourth-order valence-corrected chi connectivity index (χ4v) is 3.08. The minimum absolute atomic E-state index is 0.242. The maximum absolute atomic E-state index is 13.3. The average molecular weight is 376 g/mol. The topological polar surface area (TPSA) is 56.9 Å². The molecule has 0 atom stereocenters. The van der Waals surface area contributed by atoms with Gasteiger partial charge in [0.25, 0.3) is 0 Å². The lowest BCUT2D eigenvalue weighted by atomic mass is 10.2. The van der Waals surface area contributed by atoms with Crippen LogP contribution in [0.3, 0.4) is 0 Å². The summed E-state index contributed by atoms with van der Waals surface area (Å²) in [6, 6.07) is 24.7. The van der Waals surface area contributed by atoms with Gasteiger partial charge in [-0.2, -0.15) is 4.98 Å². The molecule has 0 N–H and O–H groups in total. The van der Waals surface area contributed by atoms with E-state index in [1.165, 1.54) is 4.57 Å². The zero-order valence-corrected chi connectivity index (χ0v) is 14.9. The number of hydrogen-bond acceptors (Lipinski definition) is 3. The maximum Gasteiger partial charge on any atom is 0.358 e. The quantitative estimate of drug-likeness (QED) is 0.548. The van der Waals surface area contributed by atoms with Crippen LogP contribution in [-0.4, -0.2) is 14.1 Å². The first-order valence-electron chi connectivity index (χ1n) is 8.28. The van der Waals surface area contributed by atoms with E-state index in [0.717, 1.165) is 4.57 Å². The molecule has 4 aromatic rings. The number of nitrogens with zero attached hydrogens (tertiary/aromatic N) is 3. The van der Waals surface area contributed by atoms with Gasteiger partial charge in [-0.3, -0.25) is 0 Å². The summed E-state index contributed by atoms with van der Waals surface area (Å²) in [4.78, 5) is 30.2. The van der Waals surface area contributed by atoms with E-state index in [9.17, 15) is 9.59 Å². The Bertz CT molecular complexity index is 1220. The summed E-state index contributed by atoms with van der Waals surface area (Å²) in [6.45, 7) is 0. The lowest BCUT2D eigenvalue weighted by Gasteiger charge is -2.14. The van der Waals surface area contributed by atoms with Crippen molar-refractivity contribution in [1.29, 1.82) is 0 Å². The van der Waals surface area contributed by atoms with E-state index in [0.29, 0.717) is 22.0 Å². The highest BCUT2D eigenvalue weighted by Gasteiger charge is 2.17. The molecule has 5 nitrogen and oxygen atoms in total. The molecule has 0 spiro atoms. The minimum Gasteiger partial charge on any atom is -0.247 e. The molecule has 1 heterocycles. The van der Waals surface area contributed by atoms with Crippen LogP contribution >= 0.6 is 11.6 Å². The Kier molecular flexibility index (Phi) is 4.44. The molecule has 0 radical (unpaired) electrons. The molecule has 132 valence electrons. The molecular formula is C21H14ClN3O2. The van der Waals surface area contributed by atoms with Gasteiger partial charge in [0.1, 0.15) is 0 Å². The largest absolute Gasteiger partial charge is 0.358 e. The lowest BCUT2D eigenvalue weighted by molar-refractivity contribution is 0.755. The highest BCUT2D eigenvalue weighted by atomic mass is 35.5. The fourth-order valence-electron chi connectivity index (χ4n) is 2.89. The Labute approximate surface area is 159 Å². The third-order valence-corrected chi connectivity index (χ3v) is 4.33. The van der Waals surface area contributed by atoms with Crippen LogP contribution in [0.25, 0.3) is 22.8 Å². The van der Waals surface area contributed by atoms with Gasteiger partial charge < -0.3 is 0 Å². The molecular weight excluding hydrogens is 362 g/mol. The second-order valence-corrected chi connectivity index (χ2v) is 6.29. The summed E-state index contributed by atoms with van der Waals surface area (Å²) in [5, 5.41) is 0.494. The normalized spacial score (nSPS) is 10.7. The van der Waals surface area contributed by atoms with Gasteiger partial charge in [0.2, 0.25) is 0 Å². The molecule has 3 aromatic carbocycles. The summed E-state index contributed by atoms with van der Waals surface area (Å²) >= 11 is 6.10. The van der Waals surface area contributed by atoms with Crippen LogP contribution in [0, 0.1) is 0 Å². The van der Waals surface area contributed by atoms with E-state index >= 15 is 0 Å². The lowest BCUT2D eigenvalue weighted by Crippen LogP contribution is -2.40. The van der Waals surface area contributed by atoms with Crippen molar-refractivity contribution < 1.29 is 0 Å². The van der Waals surface area contributed by atoms with Gasteiger partial charge >= 0.3 is 11.4 Å². The van der Waals surface area contributed by atoms with E-state index in [-0.39, 0.29) is 5.82 Å². The first kappa shape index (κ1) is 17.0. The second-order valence-electron chi connectivity index (χ2n) is 5.85. The Morgan fingerprint density at radius 1 is 0.704 bits per heavy atom. The highest BCUT2D eigenvalue weighted by Crippen LogP contribution is 2.21. The predicted octanol–water partition coefficient (Wildman–Crippen LogP) is 3.70. The standard InChI is InChI=1S/C21H14ClN3O2/c22-16-9-7-8-15(14-16)19-23-20(26)25(18-12-5-2-6-13-18)21(27)24(19)17-10-3-1-4-11-17/h1-14H. The number of halogens is 1. The molecule has 0 aliphatic rings. The van der Waals surface area contributed by atoms with Crippen molar-refractivity contribution >= 4 is 11.6 Å². The minimum atomic E-state index is -0.645. The zero-order chi connectivity index (χ0) is 18.8. The SMILES string of the molecule is O=c1nc(-c2cccc(Cl)c2)n(-c2ccccc2)c(=O)n1-c1ccccc1. The first-order valence-corrected chi connectivity index (χ1v) is 8.66. The number of hydrogen-bond donors (Lipinski definition) is 0. The van der Waals surface area contributed by atoms with E-state index in [4.69, 9.17) is 11.6 Å². The number of para-hydroxylation sites is 2. The predicted molar refractivity (Wildman–Crippen MR) is 106 cm³/mol. The van der Waals surface area contributed by atoms with Crippen molar-refractivity contribution in [2.75, 3.05) is 0 Å². The Morgan fingerprint density at radius 3 is 1.89 bits per heavy atom. The van der Waals surface area contributed by atoms with Crippen molar-refractivity contribution in [3.63, 3.8) is 0 Å². The van der Waals surface area contributed by atoms with Gasteiger partial charge in [0, 0.05) is 10.6 Å². The molecule has 4 rings (SSSR count). The monoisotopic (exact) mass is 375 g/mol. The van der Waals surface area contributed by atoms with Crippen LogP contribution in [0.2, 0.25) is 5.02 Å². The molecule has 0 bridgehead atoms. The molecule has 0 aliphatic carbocycles. The van der Waals surface area contributed by atoms with Gasteiger partial charge in [-0.15, -0.1) is 0 Å². The molecule has 27 heavy (non-hydrogen) atoms. The fraction of sp³-hybridized carbons (Fsp3) is 0. The van der Waals surface area contributed by atoms with Gasteiger partial charge in [0.15, 0.2) is 5.82 Å². The summed E-state index contributed by atoms with van der Waals surface area (Å²) in [5.74, 6) is 0.242. The van der Waals surface area contributed by atoms with E-state index in [1.54, 1.807) is 60.7 Å². The molecule has 0 saturated carbocycles. The Morgan fingerprint density at radius 2 is 1.30 bits per heavy atom. The van der Waals surface area contributed by atoms with Crippen LogP contribution in [0.4, 0.5) is 0 Å². The molecule has 6 heteroatoms. The van der Waals surface area contributed by atoms with Gasteiger partial charge in [-0.25, -0.2) is 18.7 Å². The van der Waals surface area contributed by atoms with Crippen LogP contribution in [0.15, 0.2) is 94.5 Å². The summed E-state index contributed by atoms with van der Waals surface area (Å²) in [5.41, 5.74) is 0.508. The first-order chi connectivity index (χ1) is 13.1. The van der Waals surface area contributed by atoms with Crippen molar-refractivity contribution in [2.45, 2.75) is 0 Å². The highest BCUT2D eigenvalue weighted by molar-refractivity contribution is 6.30. The zero-order valence-electron chi connectivity index (χ0n) is 14.1. The van der Waals surface area contributed by atoms with Gasteiger partial charge in [-0.1, -0.05) is 60.1 Å². The smallest absolute Gasteiger partial charge is 0.247 e. The molecule has 0 aliphatic heterocycles. The van der Waals surface area contributed by atoms with Crippen molar-refractivity contribution in [1.82, 2.24) is 14.1 Å². The summed E-state index contributed by atoms with van der Waals surface area (Å²) < 4.78 is 2.47. The number of aromatic nitrogens is 3. The average Bonchev–Trinajstić information content (AvgIpc) is 2.69. The molecule has 1 aromatic heterocycles. The molecule has 0 unspecified atom stereocenters. The maximum atomic E-state index is 13.3. The summed E-state index contributed by atoms with van der Waals surface area (Å²) in [6.07, 6.45) is 0. The third-order valence-electron chi connectivity index (χ3n) is 4.10. The van der Waals surface area contributed by atoms with Crippen LogP contribution in [0.1, 0.15) is 0 Å². The van der Waals surface area contributed by atoms with E-state index in [1.807, 2.05) is 24.3 Å². The molecule has 0 amide bonds. The van der Waals surface area contributed by atoms with Crippen molar-refractivity contribution in [3.05, 3.63) is 111 Å². The summed E-state index contributed by atoms with van der Waals surface area (Å²) in [7, 11) is 0. The van der Waals surface area contributed by atoms with Crippen molar-refractivity contribution in [3.8, 4) is 22.8 Å². The second kappa shape index (κ2) is 7.05. The van der Waals surface area contributed by atoms with Gasteiger partial charge in [0.05, 0.1) is 11.4 Å². The van der Waals surface area contributed by atoms with Crippen LogP contribution in [0.5, 0.6) is 0 Å². The van der Waals surface area contributed by atoms with Gasteiger partial charge in [-0.05, 0) is 36.4 Å². The number of rotatable bonds is 3.